The minimum absolute atomic E-state index is 0.0948. The molecule has 2 aromatic rings. The van der Waals surface area contributed by atoms with Crippen LogP contribution in [0.2, 0.25) is 0 Å². The first-order valence-corrected chi connectivity index (χ1v) is 11.3. The number of rotatable bonds is 7. The molecule has 1 saturated heterocycles. The van der Waals surface area contributed by atoms with E-state index in [9.17, 15) is 13.2 Å². The average molecular weight is 417 g/mol. The van der Waals surface area contributed by atoms with Crippen LogP contribution in [0.5, 0.6) is 5.75 Å². The summed E-state index contributed by atoms with van der Waals surface area (Å²) >= 11 is 0. The van der Waals surface area contributed by atoms with Gasteiger partial charge in [-0.05, 0) is 49.1 Å². The molecule has 0 spiro atoms. The van der Waals surface area contributed by atoms with E-state index < -0.39 is 10.0 Å². The number of likely N-dealkylation sites (N-methyl/N-ethyl adjacent to an activating group) is 1. The molecule has 6 nitrogen and oxygen atoms in total. The van der Waals surface area contributed by atoms with E-state index >= 15 is 0 Å². The number of carbonyl (C=O) groups is 1. The number of hydrogen-bond donors (Lipinski definition) is 0. The molecule has 3 rings (SSSR count). The first kappa shape index (κ1) is 21.3. The molecule has 0 aromatic heterocycles. The van der Waals surface area contributed by atoms with Crippen molar-refractivity contribution in [3.63, 3.8) is 0 Å². The lowest BCUT2D eigenvalue weighted by Gasteiger charge is -2.26. The van der Waals surface area contributed by atoms with Gasteiger partial charge in [-0.25, -0.2) is 8.42 Å². The summed E-state index contributed by atoms with van der Waals surface area (Å²) in [5, 5.41) is 0. The van der Waals surface area contributed by atoms with Crippen LogP contribution in [-0.2, 0) is 21.4 Å². The second kappa shape index (κ2) is 9.41. The van der Waals surface area contributed by atoms with Crippen molar-refractivity contribution in [2.24, 2.45) is 0 Å². The van der Waals surface area contributed by atoms with Gasteiger partial charge in [0.15, 0.2) is 6.61 Å². The van der Waals surface area contributed by atoms with Gasteiger partial charge in [-0.1, -0.05) is 36.8 Å². The van der Waals surface area contributed by atoms with Crippen molar-refractivity contribution in [1.29, 1.82) is 0 Å². The normalized spacial score (nSPS) is 15.1. The molecular formula is C22H28N2O4S. The molecule has 0 atom stereocenters. The molecule has 0 bridgehead atoms. The number of carbonyl (C=O) groups excluding carboxylic acids is 1. The zero-order valence-electron chi connectivity index (χ0n) is 17.0. The minimum atomic E-state index is -3.48. The highest BCUT2D eigenvalue weighted by molar-refractivity contribution is 7.89. The van der Waals surface area contributed by atoms with E-state index in [-0.39, 0.29) is 17.4 Å². The van der Waals surface area contributed by atoms with Crippen LogP contribution in [0.25, 0.3) is 0 Å². The summed E-state index contributed by atoms with van der Waals surface area (Å²) in [6, 6.07) is 14.6. The Balaban J connectivity index is 1.61. The maximum atomic E-state index is 12.8. The Kier molecular flexibility index (Phi) is 6.92. The highest BCUT2D eigenvalue weighted by atomic mass is 32.2. The number of benzene rings is 2. The van der Waals surface area contributed by atoms with Gasteiger partial charge in [-0.3, -0.25) is 4.79 Å². The molecule has 156 valence electrons. The van der Waals surface area contributed by atoms with E-state index in [4.69, 9.17) is 4.74 Å². The quantitative estimate of drug-likeness (QED) is 0.695. The largest absolute Gasteiger partial charge is 0.483 e. The topological polar surface area (TPSA) is 66.9 Å². The predicted molar refractivity (Wildman–Crippen MR) is 112 cm³/mol. The molecule has 7 heteroatoms. The lowest BCUT2D eigenvalue weighted by molar-refractivity contribution is -0.132. The van der Waals surface area contributed by atoms with E-state index in [0.29, 0.717) is 30.9 Å². The fourth-order valence-electron chi connectivity index (χ4n) is 3.39. The van der Waals surface area contributed by atoms with Crippen molar-refractivity contribution in [3.8, 4) is 5.75 Å². The van der Waals surface area contributed by atoms with Crippen LogP contribution in [0.3, 0.4) is 0 Å². The Bertz CT molecular complexity index is 939. The molecule has 1 fully saturated rings. The Morgan fingerprint density at radius 1 is 1.07 bits per heavy atom. The van der Waals surface area contributed by atoms with Crippen LogP contribution in [0.4, 0.5) is 0 Å². The molecule has 1 aliphatic heterocycles. The highest BCUT2D eigenvalue weighted by Crippen LogP contribution is 2.26. The van der Waals surface area contributed by atoms with Crippen LogP contribution in [0, 0.1) is 6.92 Å². The van der Waals surface area contributed by atoms with Crippen LogP contribution in [-0.4, -0.2) is 50.3 Å². The van der Waals surface area contributed by atoms with Gasteiger partial charge in [-0.2, -0.15) is 4.31 Å². The molecule has 1 amide bonds. The fraction of sp³-hybridized carbons (Fsp3) is 0.409. The SMILES string of the molecule is Cc1cc(S(=O)(=O)N2CCCCC2)ccc1OCC(=O)N(C)Cc1ccccc1. The van der Waals surface area contributed by atoms with Crippen molar-refractivity contribution >= 4 is 15.9 Å². The second-order valence-electron chi connectivity index (χ2n) is 7.42. The molecule has 2 aromatic carbocycles. The van der Waals surface area contributed by atoms with Gasteiger partial charge in [-0.15, -0.1) is 0 Å². The maximum absolute atomic E-state index is 12.8. The van der Waals surface area contributed by atoms with E-state index in [1.54, 1.807) is 41.4 Å². The van der Waals surface area contributed by atoms with Gasteiger partial charge in [0.1, 0.15) is 5.75 Å². The average Bonchev–Trinajstić information content (AvgIpc) is 2.74. The summed E-state index contributed by atoms with van der Waals surface area (Å²) in [7, 11) is -1.74. The molecule has 1 aliphatic rings. The van der Waals surface area contributed by atoms with Crippen molar-refractivity contribution in [2.75, 3.05) is 26.7 Å². The number of nitrogens with zero attached hydrogens (tertiary/aromatic N) is 2. The lowest BCUT2D eigenvalue weighted by Crippen LogP contribution is -2.35. The van der Waals surface area contributed by atoms with Crippen LogP contribution in [0.1, 0.15) is 30.4 Å². The van der Waals surface area contributed by atoms with Gasteiger partial charge in [0.25, 0.3) is 5.91 Å². The molecule has 0 saturated carbocycles. The zero-order valence-corrected chi connectivity index (χ0v) is 17.8. The summed E-state index contributed by atoms with van der Waals surface area (Å²) in [5.41, 5.74) is 1.74. The molecule has 0 unspecified atom stereocenters. The van der Waals surface area contributed by atoms with Crippen molar-refractivity contribution in [2.45, 2.75) is 37.6 Å². The Hall–Kier alpha value is -2.38. The third-order valence-electron chi connectivity index (χ3n) is 5.14. The highest BCUT2D eigenvalue weighted by Gasteiger charge is 2.26. The Labute approximate surface area is 173 Å². The van der Waals surface area contributed by atoms with Crippen LogP contribution in [0.15, 0.2) is 53.4 Å². The van der Waals surface area contributed by atoms with Gasteiger partial charge < -0.3 is 9.64 Å². The number of hydrogen-bond acceptors (Lipinski definition) is 4. The van der Waals surface area contributed by atoms with Gasteiger partial charge in [0, 0.05) is 26.7 Å². The summed E-state index contributed by atoms with van der Waals surface area (Å²) < 4.78 is 32.8. The summed E-state index contributed by atoms with van der Waals surface area (Å²) in [4.78, 5) is 14.2. The van der Waals surface area contributed by atoms with E-state index in [1.165, 1.54) is 0 Å². The third kappa shape index (κ3) is 5.36. The van der Waals surface area contributed by atoms with Crippen molar-refractivity contribution < 1.29 is 17.9 Å². The molecular weight excluding hydrogens is 388 g/mol. The first-order chi connectivity index (χ1) is 13.9. The third-order valence-corrected chi connectivity index (χ3v) is 7.03. The molecule has 0 N–H and O–H groups in total. The monoisotopic (exact) mass is 416 g/mol. The summed E-state index contributed by atoms with van der Waals surface area (Å²) in [6.07, 6.45) is 2.88. The first-order valence-electron chi connectivity index (χ1n) is 9.89. The maximum Gasteiger partial charge on any atom is 0.260 e. The van der Waals surface area contributed by atoms with E-state index in [0.717, 1.165) is 24.8 Å². The molecule has 1 heterocycles. The standard InChI is InChI=1S/C22H28N2O4S/c1-18-15-20(29(26,27)24-13-7-4-8-14-24)11-12-21(18)28-17-22(25)23(2)16-19-9-5-3-6-10-19/h3,5-6,9-12,15H,4,7-8,13-14,16-17H2,1-2H3. The molecule has 0 aliphatic carbocycles. The Morgan fingerprint density at radius 3 is 2.41 bits per heavy atom. The smallest absolute Gasteiger partial charge is 0.260 e. The van der Waals surface area contributed by atoms with Crippen LogP contribution >= 0.6 is 0 Å². The number of aryl methyl sites for hydroxylation is 1. The van der Waals surface area contributed by atoms with Gasteiger partial charge >= 0.3 is 0 Å². The van der Waals surface area contributed by atoms with Crippen molar-refractivity contribution in [3.05, 3.63) is 59.7 Å². The second-order valence-corrected chi connectivity index (χ2v) is 9.35. The minimum Gasteiger partial charge on any atom is -0.483 e. The van der Waals surface area contributed by atoms with Crippen molar-refractivity contribution in [1.82, 2.24) is 9.21 Å². The molecule has 0 radical (unpaired) electrons. The summed E-state index contributed by atoms with van der Waals surface area (Å²) in [6.45, 7) is 3.35. The number of amides is 1. The molecule has 29 heavy (non-hydrogen) atoms. The number of piperidine rings is 1. The fourth-order valence-corrected chi connectivity index (χ4v) is 5.00. The zero-order chi connectivity index (χ0) is 20.9. The summed E-state index contributed by atoms with van der Waals surface area (Å²) in [5.74, 6) is 0.377. The lowest BCUT2D eigenvalue weighted by atomic mass is 10.2. The van der Waals surface area contributed by atoms with Crippen LogP contribution < -0.4 is 4.74 Å². The van der Waals surface area contributed by atoms with Gasteiger partial charge in [0.05, 0.1) is 4.90 Å². The predicted octanol–water partition coefficient (Wildman–Crippen LogP) is 3.21. The Morgan fingerprint density at radius 2 is 1.76 bits per heavy atom. The van der Waals surface area contributed by atoms with E-state index in [2.05, 4.69) is 0 Å². The van der Waals surface area contributed by atoms with E-state index in [1.807, 2.05) is 30.3 Å². The van der Waals surface area contributed by atoms with Gasteiger partial charge in [0.2, 0.25) is 10.0 Å². The number of ether oxygens (including phenoxy) is 1. The number of sulfonamides is 1.